The summed E-state index contributed by atoms with van der Waals surface area (Å²) >= 11 is 0. The van der Waals surface area contributed by atoms with E-state index in [1.165, 1.54) is 6.33 Å². The zero-order valence-electron chi connectivity index (χ0n) is 8.21. The van der Waals surface area contributed by atoms with Crippen LogP contribution in [0.25, 0.3) is 5.69 Å². The Labute approximate surface area is 86.5 Å². The smallest absolute Gasteiger partial charge is 0.146 e. The highest BCUT2D eigenvalue weighted by Gasteiger charge is 2.08. The molecule has 0 unspecified atom stereocenters. The molecule has 0 aliphatic rings. The second-order valence-corrected chi connectivity index (χ2v) is 2.99. The number of hydrogen-bond donors (Lipinski definition) is 2. The number of nitrogens with zero attached hydrogens (tertiary/aromatic N) is 3. The van der Waals surface area contributed by atoms with Crippen LogP contribution < -0.4 is 16.2 Å². The normalized spacial score (nSPS) is 10.2. The lowest BCUT2D eigenvalue weighted by molar-refractivity contribution is 0.412. The van der Waals surface area contributed by atoms with E-state index < -0.39 is 0 Å². The van der Waals surface area contributed by atoms with Crippen LogP contribution in [0.15, 0.2) is 24.8 Å². The van der Waals surface area contributed by atoms with Crippen LogP contribution in [-0.2, 0) is 0 Å². The molecule has 15 heavy (non-hydrogen) atoms. The molecule has 1 heterocycles. The van der Waals surface area contributed by atoms with Crippen molar-refractivity contribution in [1.82, 2.24) is 14.8 Å². The summed E-state index contributed by atoms with van der Waals surface area (Å²) in [6, 6.07) is 3.36. The van der Waals surface area contributed by atoms with Gasteiger partial charge in [-0.1, -0.05) is 0 Å². The van der Waals surface area contributed by atoms with Gasteiger partial charge in [0.1, 0.15) is 24.1 Å². The molecule has 0 radical (unpaired) electrons. The predicted molar refractivity (Wildman–Crippen MR) is 56.7 cm³/mol. The Morgan fingerprint density at radius 1 is 1.27 bits per heavy atom. The number of benzene rings is 1. The summed E-state index contributed by atoms with van der Waals surface area (Å²) in [4.78, 5) is 3.85. The van der Waals surface area contributed by atoms with E-state index in [0.717, 1.165) is 0 Å². The third-order valence-electron chi connectivity index (χ3n) is 2.05. The van der Waals surface area contributed by atoms with Gasteiger partial charge in [-0.2, -0.15) is 5.10 Å². The van der Waals surface area contributed by atoms with Crippen LogP contribution >= 0.6 is 0 Å². The van der Waals surface area contributed by atoms with Crippen molar-refractivity contribution < 1.29 is 4.74 Å². The lowest BCUT2D eigenvalue weighted by Gasteiger charge is -2.10. The van der Waals surface area contributed by atoms with Gasteiger partial charge in [-0.15, -0.1) is 0 Å². The number of hydrogen-bond acceptors (Lipinski definition) is 5. The first-order chi connectivity index (χ1) is 7.22. The molecule has 6 nitrogen and oxygen atoms in total. The lowest BCUT2D eigenvalue weighted by atomic mass is 10.2. The summed E-state index contributed by atoms with van der Waals surface area (Å²) in [5, 5.41) is 4.00. The van der Waals surface area contributed by atoms with E-state index in [9.17, 15) is 0 Å². The van der Waals surface area contributed by atoms with E-state index in [1.54, 1.807) is 30.3 Å². The lowest BCUT2D eigenvalue weighted by Crippen LogP contribution is -2.02. The molecule has 6 heteroatoms. The predicted octanol–water partition coefficient (Wildman–Crippen LogP) is 0.440. The molecule has 2 rings (SSSR count). The van der Waals surface area contributed by atoms with Crippen LogP contribution in [0.3, 0.4) is 0 Å². The Bertz CT molecular complexity index is 466. The molecule has 1 aromatic heterocycles. The zero-order chi connectivity index (χ0) is 10.8. The van der Waals surface area contributed by atoms with Crippen LogP contribution in [0.2, 0.25) is 0 Å². The first kappa shape index (κ1) is 9.32. The molecule has 4 N–H and O–H groups in total. The SMILES string of the molecule is COc1cc(N)c(N)cc1-n1cncn1. The highest BCUT2D eigenvalue weighted by Crippen LogP contribution is 2.29. The minimum absolute atomic E-state index is 0.482. The van der Waals surface area contributed by atoms with Crippen molar-refractivity contribution in [2.45, 2.75) is 0 Å². The average Bonchev–Trinajstić information content (AvgIpc) is 2.74. The number of methoxy groups -OCH3 is 1. The van der Waals surface area contributed by atoms with Gasteiger partial charge in [0.2, 0.25) is 0 Å². The van der Waals surface area contributed by atoms with Crippen molar-refractivity contribution in [3.63, 3.8) is 0 Å². The van der Waals surface area contributed by atoms with E-state index in [4.69, 9.17) is 16.2 Å². The van der Waals surface area contributed by atoms with Gasteiger partial charge >= 0.3 is 0 Å². The molecular weight excluding hydrogens is 194 g/mol. The summed E-state index contributed by atoms with van der Waals surface area (Å²) < 4.78 is 6.74. The quantitative estimate of drug-likeness (QED) is 0.694. The van der Waals surface area contributed by atoms with Crippen molar-refractivity contribution in [2.75, 3.05) is 18.6 Å². The molecule has 2 aromatic rings. The van der Waals surface area contributed by atoms with Crippen molar-refractivity contribution >= 4 is 11.4 Å². The van der Waals surface area contributed by atoms with Gasteiger partial charge in [-0.05, 0) is 6.07 Å². The maximum atomic E-state index is 5.71. The molecule has 0 spiro atoms. The van der Waals surface area contributed by atoms with Gasteiger partial charge in [0.15, 0.2) is 0 Å². The second kappa shape index (κ2) is 3.49. The van der Waals surface area contributed by atoms with E-state index in [2.05, 4.69) is 10.1 Å². The Kier molecular flexibility index (Phi) is 2.17. The molecule has 0 aliphatic heterocycles. The largest absolute Gasteiger partial charge is 0.494 e. The molecule has 0 bridgehead atoms. The number of nitrogens with two attached hydrogens (primary N) is 2. The van der Waals surface area contributed by atoms with E-state index in [-0.39, 0.29) is 0 Å². The molecule has 0 atom stereocenters. The summed E-state index contributed by atoms with van der Waals surface area (Å²) in [6.07, 6.45) is 3.00. The summed E-state index contributed by atoms with van der Waals surface area (Å²) in [7, 11) is 1.56. The minimum atomic E-state index is 0.482. The highest BCUT2D eigenvalue weighted by atomic mass is 16.5. The molecule has 0 saturated heterocycles. The molecule has 1 aromatic carbocycles. The number of rotatable bonds is 2. The van der Waals surface area contributed by atoms with Gasteiger partial charge in [-0.3, -0.25) is 0 Å². The molecule has 0 fully saturated rings. The van der Waals surface area contributed by atoms with Crippen LogP contribution in [0.5, 0.6) is 5.75 Å². The van der Waals surface area contributed by atoms with Gasteiger partial charge in [0.05, 0.1) is 18.5 Å². The fourth-order valence-corrected chi connectivity index (χ4v) is 1.28. The summed E-state index contributed by atoms with van der Waals surface area (Å²) in [5.41, 5.74) is 13.1. The van der Waals surface area contributed by atoms with E-state index in [1.807, 2.05) is 0 Å². The Hall–Kier alpha value is -2.24. The topological polar surface area (TPSA) is 92.0 Å². The van der Waals surface area contributed by atoms with Gasteiger partial charge in [0.25, 0.3) is 0 Å². The molecule has 0 aliphatic carbocycles. The fraction of sp³-hybridized carbons (Fsp3) is 0.111. The van der Waals surface area contributed by atoms with Crippen molar-refractivity contribution in [1.29, 1.82) is 0 Å². The number of aromatic nitrogens is 3. The fourth-order valence-electron chi connectivity index (χ4n) is 1.28. The second-order valence-electron chi connectivity index (χ2n) is 2.99. The average molecular weight is 205 g/mol. The molecule has 0 amide bonds. The summed E-state index contributed by atoms with van der Waals surface area (Å²) in [5.74, 6) is 0.604. The van der Waals surface area contributed by atoms with Crippen molar-refractivity contribution in [3.05, 3.63) is 24.8 Å². The minimum Gasteiger partial charge on any atom is -0.494 e. The van der Waals surface area contributed by atoms with Crippen molar-refractivity contribution in [2.24, 2.45) is 0 Å². The third-order valence-corrected chi connectivity index (χ3v) is 2.05. The maximum absolute atomic E-state index is 5.71. The standard InChI is InChI=1S/C9H11N5O/c1-15-9-3-7(11)6(10)2-8(9)14-5-12-4-13-14/h2-5H,10-11H2,1H3. The summed E-state index contributed by atoms with van der Waals surface area (Å²) in [6.45, 7) is 0. The van der Waals surface area contributed by atoms with Crippen LogP contribution in [0.4, 0.5) is 11.4 Å². The molecule has 78 valence electrons. The third kappa shape index (κ3) is 1.56. The van der Waals surface area contributed by atoms with Gasteiger partial charge in [0, 0.05) is 6.07 Å². The van der Waals surface area contributed by atoms with Gasteiger partial charge < -0.3 is 16.2 Å². The van der Waals surface area contributed by atoms with E-state index in [0.29, 0.717) is 22.8 Å². The highest BCUT2D eigenvalue weighted by molar-refractivity contribution is 5.71. The zero-order valence-corrected chi connectivity index (χ0v) is 8.21. The van der Waals surface area contributed by atoms with E-state index >= 15 is 0 Å². The maximum Gasteiger partial charge on any atom is 0.146 e. The number of nitrogen functional groups attached to an aromatic ring is 2. The first-order valence-electron chi connectivity index (χ1n) is 4.30. The number of anilines is 2. The van der Waals surface area contributed by atoms with Crippen LogP contribution in [-0.4, -0.2) is 21.9 Å². The Morgan fingerprint density at radius 3 is 2.60 bits per heavy atom. The van der Waals surface area contributed by atoms with Gasteiger partial charge in [-0.25, -0.2) is 9.67 Å². The Balaban J connectivity index is 2.60. The van der Waals surface area contributed by atoms with Crippen molar-refractivity contribution in [3.8, 4) is 11.4 Å². The van der Waals surface area contributed by atoms with Crippen LogP contribution in [0.1, 0.15) is 0 Å². The monoisotopic (exact) mass is 205 g/mol. The number of ether oxygens (including phenoxy) is 1. The molecular formula is C9H11N5O. The molecule has 0 saturated carbocycles. The van der Waals surface area contributed by atoms with Crippen LogP contribution in [0, 0.1) is 0 Å². The first-order valence-corrected chi connectivity index (χ1v) is 4.30. The Morgan fingerprint density at radius 2 is 2.00 bits per heavy atom.